The fourth-order valence-electron chi connectivity index (χ4n) is 2.06. The van der Waals surface area contributed by atoms with Crippen LogP contribution in [-0.4, -0.2) is 16.9 Å². The second kappa shape index (κ2) is 6.12. The van der Waals surface area contributed by atoms with Crippen LogP contribution < -0.4 is 5.73 Å². The van der Waals surface area contributed by atoms with E-state index < -0.39 is 5.97 Å². The topological polar surface area (TPSA) is 80.4 Å². The third-order valence-corrected chi connectivity index (χ3v) is 3.05. The van der Waals surface area contributed by atoms with E-state index >= 15 is 0 Å². The van der Waals surface area contributed by atoms with Crippen LogP contribution >= 0.6 is 0 Å². The molecule has 0 saturated heterocycles. The molecule has 0 radical (unpaired) electrons. The molecule has 2 rings (SSSR count). The van der Waals surface area contributed by atoms with Gasteiger partial charge < -0.3 is 10.8 Å². The lowest BCUT2D eigenvalue weighted by Crippen LogP contribution is -2.11. The Morgan fingerprint density at radius 2 is 1.60 bits per heavy atom. The number of aromatic carboxylic acids is 1. The first-order chi connectivity index (χ1) is 9.61. The summed E-state index contributed by atoms with van der Waals surface area (Å²) in [5, 5.41) is 9.09. The lowest BCUT2D eigenvalue weighted by Gasteiger charge is -2.06. The number of ketones is 1. The highest BCUT2D eigenvalue weighted by atomic mass is 16.4. The van der Waals surface area contributed by atoms with E-state index in [1.165, 1.54) is 6.07 Å². The van der Waals surface area contributed by atoms with E-state index in [0.717, 1.165) is 11.1 Å². The smallest absolute Gasteiger partial charge is 0.336 e. The Balaban J connectivity index is 2.26. The normalized spacial score (nSPS) is 10.2. The third-order valence-electron chi connectivity index (χ3n) is 3.05. The zero-order chi connectivity index (χ0) is 14.5. The van der Waals surface area contributed by atoms with Gasteiger partial charge in [-0.05, 0) is 17.2 Å². The van der Waals surface area contributed by atoms with Crippen LogP contribution in [-0.2, 0) is 13.0 Å². The van der Waals surface area contributed by atoms with E-state index in [1.54, 1.807) is 18.2 Å². The predicted molar refractivity (Wildman–Crippen MR) is 75.8 cm³/mol. The number of carbonyl (C=O) groups is 2. The lowest BCUT2D eigenvalue weighted by molar-refractivity contribution is 0.0692. The molecule has 0 aliphatic rings. The van der Waals surface area contributed by atoms with Gasteiger partial charge in [0.25, 0.3) is 0 Å². The molecule has 0 fully saturated rings. The molecule has 20 heavy (non-hydrogen) atoms. The molecule has 0 amide bonds. The van der Waals surface area contributed by atoms with Gasteiger partial charge in [0, 0.05) is 18.5 Å². The molecule has 0 saturated carbocycles. The van der Waals surface area contributed by atoms with Crippen LogP contribution in [0, 0.1) is 0 Å². The van der Waals surface area contributed by atoms with E-state index in [1.807, 2.05) is 24.3 Å². The number of nitrogens with two attached hydrogens (primary N) is 1. The highest BCUT2D eigenvalue weighted by Gasteiger charge is 2.15. The maximum absolute atomic E-state index is 12.2. The van der Waals surface area contributed by atoms with Gasteiger partial charge in [-0.15, -0.1) is 0 Å². The molecular formula is C16H15NO3. The average Bonchev–Trinajstić information content (AvgIpc) is 2.47. The first-order valence-corrected chi connectivity index (χ1v) is 6.25. The van der Waals surface area contributed by atoms with Crippen molar-refractivity contribution in [1.82, 2.24) is 0 Å². The van der Waals surface area contributed by atoms with Crippen molar-refractivity contribution in [2.45, 2.75) is 13.0 Å². The van der Waals surface area contributed by atoms with Crippen molar-refractivity contribution in [3.8, 4) is 0 Å². The van der Waals surface area contributed by atoms with Gasteiger partial charge in [-0.25, -0.2) is 4.79 Å². The highest BCUT2D eigenvalue weighted by molar-refractivity contribution is 6.06. The molecule has 102 valence electrons. The van der Waals surface area contributed by atoms with E-state index in [-0.39, 0.29) is 23.3 Å². The molecule has 0 unspecified atom stereocenters. The second-order valence-electron chi connectivity index (χ2n) is 4.47. The summed E-state index contributed by atoms with van der Waals surface area (Å²) in [6.45, 7) is 0.410. The Bertz CT molecular complexity index is 650. The monoisotopic (exact) mass is 269 g/mol. The quantitative estimate of drug-likeness (QED) is 0.816. The fraction of sp³-hybridized carbons (Fsp3) is 0.125. The van der Waals surface area contributed by atoms with Crippen molar-refractivity contribution in [2.24, 2.45) is 5.73 Å². The van der Waals surface area contributed by atoms with Crippen molar-refractivity contribution < 1.29 is 14.7 Å². The first kappa shape index (κ1) is 14.0. The summed E-state index contributed by atoms with van der Waals surface area (Å²) in [5.74, 6) is -1.30. The molecular weight excluding hydrogens is 254 g/mol. The summed E-state index contributed by atoms with van der Waals surface area (Å²) >= 11 is 0. The van der Waals surface area contributed by atoms with Crippen molar-refractivity contribution in [3.63, 3.8) is 0 Å². The molecule has 0 aliphatic heterocycles. The van der Waals surface area contributed by atoms with Crippen LogP contribution in [0.4, 0.5) is 0 Å². The van der Waals surface area contributed by atoms with Gasteiger partial charge in [0.1, 0.15) is 0 Å². The maximum Gasteiger partial charge on any atom is 0.336 e. The number of rotatable bonds is 5. The first-order valence-electron chi connectivity index (χ1n) is 6.25. The molecule has 2 aromatic rings. The molecule has 4 nitrogen and oxygen atoms in total. The Hall–Kier alpha value is -2.46. The van der Waals surface area contributed by atoms with Crippen LogP contribution in [0.15, 0.2) is 48.5 Å². The summed E-state index contributed by atoms with van der Waals surface area (Å²) < 4.78 is 0. The number of hydrogen-bond acceptors (Lipinski definition) is 3. The van der Waals surface area contributed by atoms with Crippen molar-refractivity contribution in [1.29, 1.82) is 0 Å². The highest BCUT2D eigenvalue weighted by Crippen LogP contribution is 2.14. The summed E-state index contributed by atoms with van der Waals surface area (Å²) in [4.78, 5) is 23.4. The Labute approximate surface area is 116 Å². The number of benzene rings is 2. The molecule has 3 N–H and O–H groups in total. The van der Waals surface area contributed by atoms with Crippen molar-refractivity contribution >= 4 is 11.8 Å². The molecule has 0 bridgehead atoms. The van der Waals surface area contributed by atoms with Crippen LogP contribution in [0.5, 0.6) is 0 Å². The summed E-state index contributed by atoms with van der Waals surface area (Å²) in [5.41, 5.74) is 7.61. The Morgan fingerprint density at radius 1 is 0.950 bits per heavy atom. The van der Waals surface area contributed by atoms with Crippen LogP contribution in [0.1, 0.15) is 31.8 Å². The fourth-order valence-corrected chi connectivity index (χ4v) is 2.06. The van der Waals surface area contributed by atoms with Crippen molar-refractivity contribution in [2.75, 3.05) is 0 Å². The van der Waals surface area contributed by atoms with Crippen molar-refractivity contribution in [3.05, 3.63) is 70.8 Å². The molecule has 2 aromatic carbocycles. The van der Waals surface area contributed by atoms with Gasteiger partial charge in [-0.1, -0.05) is 42.5 Å². The summed E-state index contributed by atoms with van der Waals surface area (Å²) in [7, 11) is 0. The van der Waals surface area contributed by atoms with Gasteiger partial charge in [-0.3, -0.25) is 4.79 Å². The van der Waals surface area contributed by atoms with Crippen LogP contribution in [0.25, 0.3) is 0 Å². The number of carboxylic acids is 1. The van der Waals surface area contributed by atoms with Gasteiger partial charge in [0.15, 0.2) is 5.78 Å². The lowest BCUT2D eigenvalue weighted by atomic mass is 9.98. The van der Waals surface area contributed by atoms with Gasteiger partial charge in [0.2, 0.25) is 0 Å². The van der Waals surface area contributed by atoms with Crippen LogP contribution in [0.3, 0.4) is 0 Å². The zero-order valence-electron chi connectivity index (χ0n) is 10.9. The van der Waals surface area contributed by atoms with Gasteiger partial charge in [-0.2, -0.15) is 0 Å². The third kappa shape index (κ3) is 3.10. The van der Waals surface area contributed by atoms with Crippen LogP contribution in [0.2, 0.25) is 0 Å². The number of carbonyl (C=O) groups excluding carboxylic acids is 1. The molecule has 0 atom stereocenters. The summed E-state index contributed by atoms with van der Waals surface area (Å²) in [6.07, 6.45) is 0.165. The average molecular weight is 269 g/mol. The largest absolute Gasteiger partial charge is 0.478 e. The molecule has 0 heterocycles. The molecule has 0 aromatic heterocycles. The summed E-state index contributed by atoms with van der Waals surface area (Å²) in [6, 6.07) is 13.7. The minimum atomic E-state index is -1.09. The standard InChI is InChI=1S/C16H15NO3/c17-10-12-5-3-4-11(8-12)9-15(18)13-6-1-2-7-14(13)16(19)20/h1-8H,9-10,17H2,(H,19,20). The predicted octanol–water partition coefficient (Wildman–Crippen LogP) is 2.27. The van der Waals surface area contributed by atoms with E-state index in [2.05, 4.69) is 0 Å². The van der Waals surface area contributed by atoms with E-state index in [4.69, 9.17) is 10.8 Å². The second-order valence-corrected chi connectivity index (χ2v) is 4.47. The maximum atomic E-state index is 12.2. The SMILES string of the molecule is NCc1cccc(CC(=O)c2ccccc2C(=O)O)c1. The number of hydrogen-bond donors (Lipinski definition) is 2. The number of carboxylic acid groups (broad SMARTS) is 1. The molecule has 4 heteroatoms. The van der Waals surface area contributed by atoms with E-state index in [0.29, 0.717) is 6.54 Å². The van der Waals surface area contributed by atoms with Gasteiger partial charge >= 0.3 is 5.97 Å². The number of Topliss-reactive ketones (excluding diaryl/α,β-unsaturated/α-hetero) is 1. The molecule has 0 aliphatic carbocycles. The van der Waals surface area contributed by atoms with Gasteiger partial charge in [0.05, 0.1) is 5.56 Å². The zero-order valence-corrected chi connectivity index (χ0v) is 10.9. The Morgan fingerprint density at radius 3 is 2.25 bits per heavy atom. The Kier molecular flexibility index (Phi) is 4.27. The van der Waals surface area contributed by atoms with E-state index in [9.17, 15) is 9.59 Å². The minimum Gasteiger partial charge on any atom is -0.478 e. The minimum absolute atomic E-state index is 0.0347. The molecule has 0 spiro atoms.